The summed E-state index contributed by atoms with van der Waals surface area (Å²) in [4.78, 5) is 0. The van der Waals surface area contributed by atoms with Gasteiger partial charge in [0, 0.05) is 14.2 Å². The lowest BCUT2D eigenvalue weighted by Crippen LogP contribution is -2.46. The van der Waals surface area contributed by atoms with Crippen LogP contribution in [0.15, 0.2) is 91.0 Å². The first-order valence-corrected chi connectivity index (χ1v) is 12.4. The Morgan fingerprint density at radius 1 is 0.778 bits per heavy atom. The molecule has 2 fully saturated rings. The molecule has 5 rings (SSSR count). The lowest BCUT2D eigenvalue weighted by atomic mass is 9.80. The molecule has 190 valence electrons. The number of methoxy groups -OCH3 is 2. The molecule has 5 atom stereocenters. The second-order valence-corrected chi connectivity index (χ2v) is 9.63. The lowest BCUT2D eigenvalue weighted by Gasteiger charge is -2.38. The molecule has 5 unspecified atom stereocenters. The van der Waals surface area contributed by atoms with Crippen LogP contribution in [0.2, 0.25) is 0 Å². The van der Waals surface area contributed by atoms with Crippen molar-refractivity contribution in [3.63, 3.8) is 0 Å². The van der Waals surface area contributed by atoms with Gasteiger partial charge in [0.2, 0.25) is 0 Å². The first-order chi connectivity index (χ1) is 17.5. The van der Waals surface area contributed by atoms with Gasteiger partial charge in [-0.05, 0) is 30.5 Å². The molecule has 0 aromatic heterocycles. The zero-order valence-corrected chi connectivity index (χ0v) is 21.2. The molecule has 3 aromatic carbocycles. The lowest BCUT2D eigenvalue weighted by molar-refractivity contribution is -0.234. The fourth-order valence-electron chi connectivity index (χ4n) is 5.34. The fourth-order valence-corrected chi connectivity index (χ4v) is 5.34. The van der Waals surface area contributed by atoms with E-state index in [0.717, 1.165) is 16.7 Å². The average Bonchev–Trinajstić information content (AvgIpc) is 3.39. The molecule has 2 aliphatic rings. The molecule has 0 bridgehead atoms. The van der Waals surface area contributed by atoms with E-state index in [-0.39, 0.29) is 18.8 Å². The van der Waals surface area contributed by atoms with Gasteiger partial charge in [0.05, 0.1) is 6.61 Å². The quantitative estimate of drug-likeness (QED) is 0.398. The van der Waals surface area contributed by atoms with Crippen molar-refractivity contribution in [1.82, 2.24) is 0 Å². The Kier molecular flexibility index (Phi) is 7.26. The summed E-state index contributed by atoms with van der Waals surface area (Å²) in [6, 6.07) is 30.8. The van der Waals surface area contributed by atoms with Crippen LogP contribution < -0.4 is 0 Å². The minimum absolute atomic E-state index is 0.253. The van der Waals surface area contributed by atoms with E-state index < -0.39 is 29.9 Å². The predicted molar refractivity (Wildman–Crippen MR) is 135 cm³/mol. The minimum atomic E-state index is -0.855. The summed E-state index contributed by atoms with van der Waals surface area (Å²) >= 11 is 0. The monoisotopic (exact) mass is 490 g/mol. The SMILES string of the molecule is COC(COC(c1ccccc1)(c1ccccc1)c1ccccc1)C1OC2OC(C)(C)OC2C1OC. The summed E-state index contributed by atoms with van der Waals surface area (Å²) in [5.41, 5.74) is 2.22. The Hall–Kier alpha value is -2.58. The maximum atomic E-state index is 6.97. The van der Waals surface area contributed by atoms with Gasteiger partial charge < -0.3 is 28.4 Å². The van der Waals surface area contributed by atoms with Gasteiger partial charge in [-0.2, -0.15) is 0 Å². The first-order valence-electron chi connectivity index (χ1n) is 12.4. The third kappa shape index (κ3) is 4.61. The van der Waals surface area contributed by atoms with E-state index in [1.807, 2.05) is 68.4 Å². The summed E-state index contributed by atoms with van der Waals surface area (Å²) in [7, 11) is 3.33. The number of rotatable bonds is 9. The fraction of sp³-hybridized carbons (Fsp3) is 0.400. The van der Waals surface area contributed by atoms with Gasteiger partial charge in [0.15, 0.2) is 12.1 Å². The van der Waals surface area contributed by atoms with Crippen LogP contribution in [0, 0.1) is 0 Å². The van der Waals surface area contributed by atoms with E-state index in [2.05, 4.69) is 36.4 Å². The minimum Gasteiger partial charge on any atom is -0.376 e. The summed E-state index contributed by atoms with van der Waals surface area (Å²) in [5, 5.41) is 0. The van der Waals surface area contributed by atoms with Crippen molar-refractivity contribution in [3.8, 4) is 0 Å². The molecule has 0 spiro atoms. The molecule has 2 aliphatic heterocycles. The van der Waals surface area contributed by atoms with Crippen LogP contribution in [0.3, 0.4) is 0 Å². The Balaban J connectivity index is 1.50. The highest BCUT2D eigenvalue weighted by atomic mass is 16.8. The topological polar surface area (TPSA) is 55.4 Å². The van der Waals surface area contributed by atoms with Crippen molar-refractivity contribution in [2.75, 3.05) is 20.8 Å². The molecule has 0 saturated carbocycles. The van der Waals surface area contributed by atoms with Crippen molar-refractivity contribution >= 4 is 0 Å². The zero-order chi connectivity index (χ0) is 25.2. The van der Waals surface area contributed by atoms with Gasteiger partial charge in [-0.25, -0.2) is 0 Å². The van der Waals surface area contributed by atoms with Crippen LogP contribution in [0.5, 0.6) is 0 Å². The highest BCUT2D eigenvalue weighted by Gasteiger charge is 2.57. The molecule has 3 aromatic rings. The molecule has 0 N–H and O–H groups in total. The van der Waals surface area contributed by atoms with Crippen LogP contribution in [0.4, 0.5) is 0 Å². The van der Waals surface area contributed by atoms with Crippen molar-refractivity contribution in [2.24, 2.45) is 0 Å². The van der Waals surface area contributed by atoms with Gasteiger partial charge in [0.25, 0.3) is 0 Å². The number of hydrogen-bond acceptors (Lipinski definition) is 6. The Bertz CT molecular complexity index is 1010. The van der Waals surface area contributed by atoms with Gasteiger partial charge in [-0.15, -0.1) is 0 Å². The van der Waals surface area contributed by atoms with E-state index in [0.29, 0.717) is 0 Å². The number of ether oxygens (including phenoxy) is 6. The second-order valence-electron chi connectivity index (χ2n) is 9.63. The second kappa shape index (κ2) is 10.4. The molecule has 6 heteroatoms. The molecule has 2 saturated heterocycles. The largest absolute Gasteiger partial charge is 0.376 e. The third-order valence-corrected chi connectivity index (χ3v) is 6.97. The van der Waals surface area contributed by atoms with Crippen molar-refractivity contribution < 1.29 is 28.4 Å². The Labute approximate surface area is 213 Å². The van der Waals surface area contributed by atoms with E-state index in [1.165, 1.54) is 0 Å². The average molecular weight is 491 g/mol. The van der Waals surface area contributed by atoms with Crippen LogP contribution in [-0.2, 0) is 34.0 Å². The van der Waals surface area contributed by atoms with Gasteiger partial charge in [0.1, 0.15) is 30.0 Å². The predicted octanol–water partition coefficient (Wildman–Crippen LogP) is 4.90. The normalized spacial score (nSPS) is 26.0. The molecule has 0 radical (unpaired) electrons. The van der Waals surface area contributed by atoms with Gasteiger partial charge >= 0.3 is 0 Å². The Morgan fingerprint density at radius 2 is 1.28 bits per heavy atom. The summed E-state index contributed by atoms with van der Waals surface area (Å²) in [5.74, 6) is -0.723. The van der Waals surface area contributed by atoms with Crippen LogP contribution in [-0.4, -0.2) is 57.3 Å². The number of hydrogen-bond donors (Lipinski definition) is 0. The van der Waals surface area contributed by atoms with Crippen molar-refractivity contribution in [1.29, 1.82) is 0 Å². The van der Waals surface area contributed by atoms with E-state index in [9.17, 15) is 0 Å². The van der Waals surface area contributed by atoms with Gasteiger partial charge in [-0.1, -0.05) is 91.0 Å². The molecule has 6 nitrogen and oxygen atoms in total. The maximum Gasteiger partial charge on any atom is 0.190 e. The van der Waals surface area contributed by atoms with Crippen LogP contribution >= 0.6 is 0 Å². The molecular formula is C30H34O6. The highest BCUT2D eigenvalue weighted by molar-refractivity contribution is 5.47. The van der Waals surface area contributed by atoms with Crippen molar-refractivity contribution in [2.45, 2.75) is 55.9 Å². The summed E-state index contributed by atoms with van der Waals surface area (Å²) in [6.45, 7) is 4.01. The smallest absolute Gasteiger partial charge is 0.190 e. The van der Waals surface area contributed by atoms with Crippen LogP contribution in [0.1, 0.15) is 30.5 Å². The van der Waals surface area contributed by atoms with Gasteiger partial charge in [-0.3, -0.25) is 0 Å². The molecule has 36 heavy (non-hydrogen) atoms. The van der Waals surface area contributed by atoms with E-state index in [4.69, 9.17) is 28.4 Å². The molecular weight excluding hydrogens is 456 g/mol. The molecule has 0 aliphatic carbocycles. The van der Waals surface area contributed by atoms with Crippen LogP contribution in [0.25, 0.3) is 0 Å². The number of fused-ring (bicyclic) bond motifs is 1. The third-order valence-electron chi connectivity index (χ3n) is 6.97. The maximum absolute atomic E-state index is 6.97. The van der Waals surface area contributed by atoms with E-state index >= 15 is 0 Å². The summed E-state index contributed by atoms with van der Waals surface area (Å²) < 4.78 is 37.1. The standard InChI is InChI=1S/C30H34O6/c1-29(2)35-27-26(32-4)25(34-28(27)36-29)24(31-3)20-33-30(21-14-8-5-9-15-21,22-16-10-6-11-17-22)23-18-12-7-13-19-23/h5-19,24-28H,20H2,1-4H3. The van der Waals surface area contributed by atoms with E-state index in [1.54, 1.807) is 14.2 Å². The molecule has 2 heterocycles. The van der Waals surface area contributed by atoms with Crippen molar-refractivity contribution in [3.05, 3.63) is 108 Å². The number of benzene rings is 3. The summed E-state index contributed by atoms with van der Waals surface area (Å²) in [6.07, 6.45) is -2.06. The molecule has 0 amide bonds. The highest BCUT2D eigenvalue weighted by Crippen LogP contribution is 2.43. The zero-order valence-electron chi connectivity index (χ0n) is 21.2. The first kappa shape index (κ1) is 25.1. The Morgan fingerprint density at radius 3 is 1.72 bits per heavy atom.